The molecule has 0 unspecified atom stereocenters. The van der Waals surface area contributed by atoms with E-state index < -0.39 is 54.6 Å². The SMILES string of the molecule is O=C(C[C@@H](CN1CCO[C@@H](c2cccc(C(F)(F)F)c2)C1)C(F)(F)F)Nc1ccc(Cl)c(F)c1. The molecule has 1 saturated heterocycles. The summed E-state index contributed by atoms with van der Waals surface area (Å²) >= 11 is 5.55. The van der Waals surface area contributed by atoms with E-state index in [9.17, 15) is 35.5 Å². The van der Waals surface area contributed by atoms with E-state index in [1.807, 2.05) is 0 Å². The van der Waals surface area contributed by atoms with Gasteiger partial charge in [0.05, 0.1) is 29.2 Å². The third-order valence-electron chi connectivity index (χ3n) is 5.31. The van der Waals surface area contributed by atoms with Crippen molar-refractivity contribution in [2.24, 2.45) is 5.92 Å². The number of carbonyl (C=O) groups is 1. The summed E-state index contributed by atoms with van der Waals surface area (Å²) in [7, 11) is 0. The van der Waals surface area contributed by atoms with Crippen molar-refractivity contribution < 1.29 is 40.3 Å². The van der Waals surface area contributed by atoms with Crippen LogP contribution in [-0.4, -0.2) is 43.2 Å². The zero-order chi connectivity index (χ0) is 25.1. The molecular weight excluding hydrogens is 493 g/mol. The van der Waals surface area contributed by atoms with Crippen LogP contribution in [0, 0.1) is 11.7 Å². The van der Waals surface area contributed by atoms with E-state index in [1.165, 1.54) is 23.1 Å². The van der Waals surface area contributed by atoms with E-state index in [4.69, 9.17) is 16.3 Å². The minimum atomic E-state index is -4.72. The maximum atomic E-state index is 13.7. The summed E-state index contributed by atoms with van der Waals surface area (Å²) in [6.07, 6.45) is -11.0. The van der Waals surface area contributed by atoms with Gasteiger partial charge < -0.3 is 10.1 Å². The molecule has 1 aliphatic heterocycles. The Kier molecular flexibility index (Phi) is 8.10. The number of benzene rings is 2. The largest absolute Gasteiger partial charge is 0.416 e. The summed E-state index contributed by atoms with van der Waals surface area (Å²) in [5, 5.41) is 2.02. The van der Waals surface area contributed by atoms with Crippen LogP contribution < -0.4 is 5.32 Å². The van der Waals surface area contributed by atoms with Crippen molar-refractivity contribution in [3.05, 3.63) is 64.4 Å². The number of amides is 1. The van der Waals surface area contributed by atoms with Gasteiger partial charge in [-0.05, 0) is 35.9 Å². The Labute approximate surface area is 195 Å². The van der Waals surface area contributed by atoms with Crippen molar-refractivity contribution in [1.29, 1.82) is 0 Å². The van der Waals surface area contributed by atoms with Crippen LogP contribution in [0.4, 0.5) is 36.4 Å². The van der Waals surface area contributed by atoms with Crippen molar-refractivity contribution >= 4 is 23.2 Å². The van der Waals surface area contributed by atoms with Gasteiger partial charge in [-0.3, -0.25) is 9.69 Å². The maximum absolute atomic E-state index is 13.7. The molecule has 2 atom stereocenters. The molecule has 34 heavy (non-hydrogen) atoms. The molecule has 0 saturated carbocycles. The molecular formula is C22H20ClF7N2O2. The van der Waals surface area contributed by atoms with Crippen molar-refractivity contribution in [2.75, 3.05) is 31.6 Å². The molecule has 4 nitrogen and oxygen atoms in total. The van der Waals surface area contributed by atoms with Gasteiger partial charge in [0.15, 0.2) is 0 Å². The van der Waals surface area contributed by atoms with Gasteiger partial charge in [0, 0.05) is 31.7 Å². The van der Waals surface area contributed by atoms with Crippen LogP contribution in [0.1, 0.15) is 23.7 Å². The normalized spacial score (nSPS) is 18.5. The number of morpholine rings is 1. The Morgan fingerprint density at radius 3 is 2.53 bits per heavy atom. The zero-order valence-corrected chi connectivity index (χ0v) is 18.3. The van der Waals surface area contributed by atoms with Crippen molar-refractivity contribution in [3.63, 3.8) is 0 Å². The predicted molar refractivity (Wildman–Crippen MR) is 111 cm³/mol. The van der Waals surface area contributed by atoms with E-state index in [-0.39, 0.29) is 36.0 Å². The molecule has 0 bridgehead atoms. The number of ether oxygens (including phenoxy) is 1. The summed E-state index contributed by atoms with van der Waals surface area (Å²) in [5.41, 5.74) is -0.719. The van der Waals surface area contributed by atoms with Crippen LogP contribution in [0.3, 0.4) is 0 Å². The van der Waals surface area contributed by atoms with Crippen LogP contribution in [0.2, 0.25) is 5.02 Å². The number of alkyl halides is 6. The van der Waals surface area contributed by atoms with E-state index >= 15 is 0 Å². The quantitative estimate of drug-likeness (QED) is 0.477. The number of rotatable bonds is 6. The van der Waals surface area contributed by atoms with E-state index in [2.05, 4.69) is 5.32 Å². The first-order valence-electron chi connectivity index (χ1n) is 10.2. The maximum Gasteiger partial charge on any atom is 0.416 e. The predicted octanol–water partition coefficient (Wildman–Crippen LogP) is 6.08. The lowest BCUT2D eigenvalue weighted by Gasteiger charge is -2.35. The molecule has 1 fully saturated rings. The summed E-state index contributed by atoms with van der Waals surface area (Å²) in [4.78, 5) is 13.6. The fourth-order valence-electron chi connectivity index (χ4n) is 3.59. The number of hydrogen-bond donors (Lipinski definition) is 1. The number of anilines is 1. The van der Waals surface area contributed by atoms with Crippen LogP contribution in [-0.2, 0) is 15.7 Å². The molecule has 0 spiro atoms. The highest BCUT2D eigenvalue weighted by molar-refractivity contribution is 6.30. The Morgan fingerprint density at radius 1 is 1.15 bits per heavy atom. The average Bonchev–Trinajstić information content (AvgIpc) is 2.75. The second-order valence-corrected chi connectivity index (χ2v) is 8.27. The first-order chi connectivity index (χ1) is 15.8. The minimum absolute atomic E-state index is 0.0156. The summed E-state index contributed by atoms with van der Waals surface area (Å²) < 4.78 is 99.0. The van der Waals surface area contributed by atoms with E-state index in [0.717, 1.165) is 24.3 Å². The van der Waals surface area contributed by atoms with Gasteiger partial charge in [-0.15, -0.1) is 0 Å². The molecule has 1 amide bonds. The monoisotopic (exact) mass is 512 g/mol. The molecule has 1 N–H and O–H groups in total. The molecule has 2 aromatic carbocycles. The van der Waals surface area contributed by atoms with Crippen molar-refractivity contribution in [1.82, 2.24) is 4.90 Å². The van der Waals surface area contributed by atoms with Crippen LogP contribution >= 0.6 is 11.6 Å². The number of nitrogens with one attached hydrogen (secondary N) is 1. The van der Waals surface area contributed by atoms with Gasteiger partial charge in [0.2, 0.25) is 5.91 Å². The molecule has 186 valence electrons. The number of hydrogen-bond acceptors (Lipinski definition) is 3. The third kappa shape index (κ3) is 7.07. The Bertz CT molecular complexity index is 1010. The topological polar surface area (TPSA) is 41.6 Å². The first kappa shape index (κ1) is 26.2. The van der Waals surface area contributed by atoms with Crippen LogP contribution in [0.25, 0.3) is 0 Å². The Morgan fingerprint density at radius 2 is 1.88 bits per heavy atom. The second kappa shape index (κ2) is 10.5. The molecule has 2 aromatic rings. The highest BCUT2D eigenvalue weighted by Crippen LogP contribution is 2.34. The molecule has 1 heterocycles. The number of nitrogens with zero attached hydrogens (tertiary/aromatic N) is 1. The summed E-state index contributed by atoms with van der Waals surface area (Å²) in [6, 6.07) is 7.75. The lowest BCUT2D eigenvalue weighted by atomic mass is 10.0. The zero-order valence-electron chi connectivity index (χ0n) is 17.5. The fourth-order valence-corrected chi connectivity index (χ4v) is 3.71. The summed E-state index contributed by atoms with van der Waals surface area (Å²) in [5.74, 6) is -3.85. The Balaban J connectivity index is 1.66. The van der Waals surface area contributed by atoms with Gasteiger partial charge in [-0.2, -0.15) is 26.3 Å². The minimum Gasteiger partial charge on any atom is -0.371 e. The van der Waals surface area contributed by atoms with Crippen LogP contribution in [0.15, 0.2) is 42.5 Å². The van der Waals surface area contributed by atoms with Gasteiger partial charge in [-0.25, -0.2) is 4.39 Å². The highest BCUT2D eigenvalue weighted by atomic mass is 35.5. The number of carbonyl (C=O) groups excluding carboxylic acids is 1. The van der Waals surface area contributed by atoms with Crippen molar-refractivity contribution in [3.8, 4) is 0 Å². The molecule has 1 aliphatic rings. The molecule has 0 aliphatic carbocycles. The third-order valence-corrected chi connectivity index (χ3v) is 5.62. The van der Waals surface area contributed by atoms with Gasteiger partial charge in [-0.1, -0.05) is 23.7 Å². The van der Waals surface area contributed by atoms with Crippen molar-refractivity contribution in [2.45, 2.75) is 24.9 Å². The van der Waals surface area contributed by atoms with Crippen LogP contribution in [0.5, 0.6) is 0 Å². The van der Waals surface area contributed by atoms with Gasteiger partial charge >= 0.3 is 12.4 Å². The summed E-state index contributed by atoms with van der Waals surface area (Å²) in [6.45, 7) is -0.490. The molecule has 0 radical (unpaired) electrons. The van der Waals surface area contributed by atoms with Gasteiger partial charge in [0.25, 0.3) is 0 Å². The van der Waals surface area contributed by atoms with E-state index in [0.29, 0.717) is 0 Å². The first-order valence-corrected chi connectivity index (χ1v) is 10.5. The smallest absolute Gasteiger partial charge is 0.371 e. The number of halogens is 8. The van der Waals surface area contributed by atoms with Gasteiger partial charge in [0.1, 0.15) is 5.82 Å². The fraction of sp³-hybridized carbons (Fsp3) is 0.409. The Hall–Kier alpha value is -2.37. The lowest BCUT2D eigenvalue weighted by Crippen LogP contribution is -2.44. The molecule has 3 rings (SSSR count). The lowest BCUT2D eigenvalue weighted by molar-refractivity contribution is -0.185. The second-order valence-electron chi connectivity index (χ2n) is 7.86. The molecule has 0 aromatic heterocycles. The standard InChI is InChI=1S/C22H20ClF7N2O2/c23-17-5-4-16(10-18(17)24)31-20(33)9-15(22(28,29)30)11-32-6-7-34-19(12-32)13-2-1-3-14(8-13)21(25,26)27/h1-5,8,10,15,19H,6-7,9,11-12H2,(H,31,33)/t15-,19+/m0/s1. The average molecular weight is 513 g/mol. The van der Waals surface area contributed by atoms with E-state index in [1.54, 1.807) is 0 Å². The molecule has 12 heteroatoms. The highest BCUT2D eigenvalue weighted by Gasteiger charge is 2.42.